The van der Waals surface area contributed by atoms with Crippen LogP contribution in [0, 0.1) is 0 Å². The van der Waals surface area contributed by atoms with E-state index in [1.807, 2.05) is 66.7 Å². The molecule has 5 aromatic rings. The summed E-state index contributed by atoms with van der Waals surface area (Å²) in [6.45, 7) is 0. The van der Waals surface area contributed by atoms with E-state index in [9.17, 15) is 9.59 Å². The van der Waals surface area contributed by atoms with Crippen LogP contribution in [0.1, 0.15) is 23.2 Å². The first kappa shape index (κ1) is 19.9. The average Bonchev–Trinajstić information content (AvgIpc) is 2.91. The fraction of sp³-hybridized carbons (Fsp3) is 0.0625. The van der Waals surface area contributed by atoms with Crippen molar-refractivity contribution in [2.24, 2.45) is 0 Å². The summed E-state index contributed by atoms with van der Waals surface area (Å²) in [4.78, 5) is 28.9. The van der Waals surface area contributed by atoms with E-state index in [0.717, 1.165) is 49.7 Å². The molecule has 3 nitrogen and oxygen atoms in total. The van der Waals surface area contributed by atoms with Crippen molar-refractivity contribution >= 4 is 50.7 Å². The molecule has 0 fully saturated rings. The lowest BCUT2D eigenvalue weighted by atomic mass is 9.86. The van der Waals surface area contributed by atoms with E-state index >= 15 is 0 Å². The third-order valence-corrected chi connectivity index (χ3v) is 7.26. The zero-order valence-corrected chi connectivity index (χ0v) is 19.0. The molecule has 5 aromatic carbocycles. The molecule has 2 amide bonds. The van der Waals surface area contributed by atoms with E-state index in [-0.39, 0.29) is 11.8 Å². The smallest absolute Gasteiger partial charge is 0.265 e. The molecule has 166 valence electrons. The minimum absolute atomic E-state index is 0.206. The fourth-order valence-electron chi connectivity index (χ4n) is 5.63. The SMILES string of the molecule is O=C1C2=c3c(ccc(-c4cccc5ccccc45)c3=CCC2)C(=O)N1c1ccc2ccccc2c1. The molecule has 0 N–H and O–H groups in total. The zero-order chi connectivity index (χ0) is 23.5. The molecule has 0 unspecified atom stereocenters. The summed E-state index contributed by atoms with van der Waals surface area (Å²) in [5.74, 6) is -0.466. The van der Waals surface area contributed by atoms with E-state index in [0.29, 0.717) is 17.7 Å². The first-order chi connectivity index (χ1) is 17.2. The maximum absolute atomic E-state index is 13.8. The highest BCUT2D eigenvalue weighted by atomic mass is 16.2. The van der Waals surface area contributed by atoms with Gasteiger partial charge in [-0.25, -0.2) is 4.90 Å². The Morgan fingerprint density at radius 1 is 0.600 bits per heavy atom. The number of anilines is 1. The molecule has 7 rings (SSSR count). The largest absolute Gasteiger partial charge is 0.269 e. The Morgan fingerprint density at radius 2 is 1.34 bits per heavy atom. The minimum atomic E-state index is -0.259. The maximum atomic E-state index is 13.8. The van der Waals surface area contributed by atoms with Gasteiger partial charge in [0.2, 0.25) is 0 Å². The second-order valence-corrected chi connectivity index (χ2v) is 9.17. The van der Waals surface area contributed by atoms with Crippen molar-refractivity contribution in [2.45, 2.75) is 12.8 Å². The standard InChI is InChI=1S/C32H21NO2/c34-31-28-14-6-13-27-26(25-12-5-10-21-8-3-4-11-24(21)25)17-18-29(30(27)28)32(35)33(31)23-16-15-20-7-1-2-9-22(20)19-23/h1-5,7-13,15-19H,6,14H2. The van der Waals surface area contributed by atoms with E-state index in [1.165, 1.54) is 10.3 Å². The fourth-order valence-corrected chi connectivity index (χ4v) is 5.63. The molecule has 1 aliphatic heterocycles. The zero-order valence-electron chi connectivity index (χ0n) is 19.0. The molecule has 0 radical (unpaired) electrons. The van der Waals surface area contributed by atoms with Crippen LogP contribution >= 0.6 is 0 Å². The topological polar surface area (TPSA) is 37.4 Å². The molecule has 1 heterocycles. The number of fused-ring (bicyclic) bond motifs is 2. The third-order valence-electron chi connectivity index (χ3n) is 7.26. The highest BCUT2D eigenvalue weighted by Crippen LogP contribution is 2.31. The van der Waals surface area contributed by atoms with Gasteiger partial charge in [-0.1, -0.05) is 84.9 Å². The first-order valence-corrected chi connectivity index (χ1v) is 11.9. The molecule has 0 bridgehead atoms. The predicted molar refractivity (Wildman–Crippen MR) is 142 cm³/mol. The van der Waals surface area contributed by atoms with Crippen molar-refractivity contribution in [3.63, 3.8) is 0 Å². The molecule has 0 aromatic heterocycles. The Bertz CT molecular complexity index is 1840. The van der Waals surface area contributed by atoms with Gasteiger partial charge < -0.3 is 0 Å². The Hall–Kier alpha value is -4.50. The highest BCUT2D eigenvalue weighted by molar-refractivity contribution is 6.36. The van der Waals surface area contributed by atoms with E-state index < -0.39 is 0 Å². The molecule has 0 spiro atoms. The van der Waals surface area contributed by atoms with Crippen LogP contribution in [0.4, 0.5) is 5.69 Å². The summed E-state index contributed by atoms with van der Waals surface area (Å²) in [6.07, 6.45) is 3.59. The van der Waals surface area contributed by atoms with Gasteiger partial charge in [-0.05, 0) is 68.9 Å². The van der Waals surface area contributed by atoms with Crippen LogP contribution in [0.2, 0.25) is 0 Å². The number of carbonyl (C=O) groups is 2. The summed E-state index contributed by atoms with van der Waals surface area (Å²) in [5.41, 5.74) is 4.13. The van der Waals surface area contributed by atoms with E-state index in [1.54, 1.807) is 0 Å². The van der Waals surface area contributed by atoms with Gasteiger partial charge in [-0.3, -0.25) is 9.59 Å². The van der Waals surface area contributed by atoms with Crippen LogP contribution < -0.4 is 15.3 Å². The van der Waals surface area contributed by atoms with Crippen molar-refractivity contribution in [2.75, 3.05) is 4.90 Å². The Kier molecular flexibility index (Phi) is 4.27. The van der Waals surface area contributed by atoms with Crippen LogP contribution in [0.5, 0.6) is 0 Å². The summed E-state index contributed by atoms with van der Waals surface area (Å²) in [6, 6.07) is 32.3. The van der Waals surface area contributed by atoms with Gasteiger partial charge in [0.15, 0.2) is 0 Å². The number of amides is 2. The number of nitrogens with zero attached hydrogens (tertiary/aromatic N) is 1. The molecule has 2 aliphatic rings. The predicted octanol–water partition coefficient (Wildman–Crippen LogP) is 5.57. The lowest BCUT2D eigenvalue weighted by molar-refractivity contribution is -0.113. The highest BCUT2D eigenvalue weighted by Gasteiger charge is 2.35. The van der Waals surface area contributed by atoms with Crippen molar-refractivity contribution in [3.05, 3.63) is 113 Å². The van der Waals surface area contributed by atoms with Crippen molar-refractivity contribution in [1.29, 1.82) is 0 Å². The summed E-state index contributed by atoms with van der Waals surface area (Å²) in [5, 5.41) is 6.23. The molecule has 0 atom stereocenters. The average molecular weight is 452 g/mol. The van der Waals surface area contributed by atoms with Crippen LogP contribution in [0.15, 0.2) is 97.1 Å². The van der Waals surface area contributed by atoms with Crippen LogP contribution in [0.3, 0.4) is 0 Å². The van der Waals surface area contributed by atoms with Gasteiger partial charge in [-0.2, -0.15) is 0 Å². The second kappa shape index (κ2) is 7.51. The molecule has 0 saturated heterocycles. The van der Waals surface area contributed by atoms with Crippen LogP contribution in [0.25, 0.3) is 44.3 Å². The second-order valence-electron chi connectivity index (χ2n) is 9.17. The van der Waals surface area contributed by atoms with Crippen LogP contribution in [-0.4, -0.2) is 11.8 Å². The van der Waals surface area contributed by atoms with E-state index in [2.05, 4.69) is 36.4 Å². The quantitative estimate of drug-likeness (QED) is 0.329. The van der Waals surface area contributed by atoms with Gasteiger partial charge >= 0.3 is 0 Å². The summed E-state index contributed by atoms with van der Waals surface area (Å²) < 4.78 is 0. The van der Waals surface area contributed by atoms with Gasteiger partial charge in [0.05, 0.1) is 5.69 Å². The Balaban J connectivity index is 1.46. The number of hydrogen-bond donors (Lipinski definition) is 0. The summed E-state index contributed by atoms with van der Waals surface area (Å²) >= 11 is 0. The Labute approximate surface area is 202 Å². The number of carbonyl (C=O) groups excluding carboxylic acids is 2. The normalized spacial score (nSPS) is 14.9. The summed E-state index contributed by atoms with van der Waals surface area (Å²) in [7, 11) is 0. The lowest BCUT2D eigenvalue weighted by Crippen LogP contribution is -2.51. The number of hydrogen-bond acceptors (Lipinski definition) is 2. The van der Waals surface area contributed by atoms with E-state index in [4.69, 9.17) is 0 Å². The van der Waals surface area contributed by atoms with Gasteiger partial charge in [0, 0.05) is 16.4 Å². The van der Waals surface area contributed by atoms with Crippen molar-refractivity contribution in [3.8, 4) is 11.1 Å². The van der Waals surface area contributed by atoms with Crippen molar-refractivity contribution in [1.82, 2.24) is 0 Å². The molecular formula is C32H21NO2. The maximum Gasteiger partial charge on any atom is 0.265 e. The number of rotatable bonds is 2. The van der Waals surface area contributed by atoms with Crippen molar-refractivity contribution < 1.29 is 9.59 Å². The molecular weight excluding hydrogens is 430 g/mol. The molecule has 0 saturated carbocycles. The molecule has 1 aliphatic carbocycles. The third kappa shape index (κ3) is 2.91. The monoisotopic (exact) mass is 451 g/mol. The van der Waals surface area contributed by atoms with Gasteiger partial charge in [0.25, 0.3) is 11.8 Å². The number of imide groups is 1. The first-order valence-electron chi connectivity index (χ1n) is 11.9. The van der Waals surface area contributed by atoms with Gasteiger partial charge in [-0.15, -0.1) is 0 Å². The Morgan fingerprint density at radius 3 is 2.23 bits per heavy atom. The molecule has 35 heavy (non-hydrogen) atoms. The van der Waals surface area contributed by atoms with Crippen LogP contribution in [-0.2, 0) is 4.79 Å². The lowest BCUT2D eigenvalue weighted by Gasteiger charge is -2.29. The number of benzene rings is 5. The molecule has 3 heteroatoms. The van der Waals surface area contributed by atoms with Gasteiger partial charge in [0.1, 0.15) is 0 Å². The minimum Gasteiger partial charge on any atom is -0.269 e.